The van der Waals surface area contributed by atoms with E-state index in [9.17, 15) is 0 Å². The Bertz CT molecular complexity index is 1520. The molecule has 3 saturated carbocycles. The fraction of sp³-hybridized carbons (Fsp3) is 1.00. The molecule has 0 radical (unpaired) electrons. The summed E-state index contributed by atoms with van der Waals surface area (Å²) in [6.45, 7) is 18.0. The number of hydrogen-bond donors (Lipinski definition) is 0. The topological polar surface area (TPSA) is 138 Å². The van der Waals surface area contributed by atoms with Gasteiger partial charge in [-0.25, -0.2) is 29.3 Å². The first kappa shape index (κ1) is 41.8. The van der Waals surface area contributed by atoms with Gasteiger partial charge in [0.2, 0.25) is 17.4 Å². The van der Waals surface area contributed by atoms with E-state index >= 15 is 0 Å². The molecule has 61 heavy (non-hydrogen) atoms. The predicted octanol–water partition coefficient (Wildman–Crippen LogP) is 7.94. The minimum Gasteiger partial charge on any atom is -0.320 e. The molecule has 3 spiro atoms. The number of rotatable bonds is 6. The molecule has 12 saturated heterocycles. The summed E-state index contributed by atoms with van der Waals surface area (Å²) in [5, 5.41) is 0. The zero-order valence-corrected chi connectivity index (χ0v) is 37.6. The summed E-state index contributed by atoms with van der Waals surface area (Å²) in [4.78, 5) is 37.8. The van der Waals surface area contributed by atoms with Crippen LogP contribution in [0.2, 0.25) is 0 Å². The molecule has 15 rings (SSSR count). The van der Waals surface area contributed by atoms with Crippen LogP contribution in [0.3, 0.4) is 0 Å². The molecular formula is C46H70O15. The van der Waals surface area contributed by atoms with Crippen LogP contribution in [-0.4, -0.2) is 78.4 Å². The minimum atomic E-state index is -1.28. The predicted molar refractivity (Wildman–Crippen MR) is 208 cm³/mol. The smallest absolute Gasteiger partial charge is 0.278 e. The Morgan fingerprint density at radius 3 is 0.967 bits per heavy atom. The largest absolute Gasteiger partial charge is 0.320 e. The van der Waals surface area contributed by atoms with E-state index in [4.69, 9.17) is 72.0 Å². The second-order valence-corrected chi connectivity index (χ2v) is 22.5. The molecule has 0 aromatic carbocycles. The van der Waals surface area contributed by atoms with Gasteiger partial charge in [0.15, 0.2) is 54.5 Å². The van der Waals surface area contributed by atoms with E-state index in [0.29, 0.717) is 17.8 Å². The Kier molecular flexibility index (Phi) is 9.74. The Hall–Kier alpha value is -0.600. The Morgan fingerprint density at radius 2 is 0.672 bits per heavy atom. The highest BCUT2D eigenvalue weighted by Crippen LogP contribution is 2.64. The van der Waals surface area contributed by atoms with Crippen LogP contribution in [0.5, 0.6) is 0 Å². The molecular weight excluding hydrogens is 792 g/mol. The van der Waals surface area contributed by atoms with Gasteiger partial charge < -0.3 is 28.4 Å². The zero-order chi connectivity index (χ0) is 42.1. The van der Waals surface area contributed by atoms with Gasteiger partial charge in [-0.1, -0.05) is 41.5 Å². The summed E-state index contributed by atoms with van der Waals surface area (Å²) < 4.78 is 62.3. The van der Waals surface area contributed by atoms with Crippen LogP contribution in [0.4, 0.5) is 0 Å². The average molecular weight is 863 g/mol. The van der Waals surface area contributed by atoms with Gasteiger partial charge in [0, 0.05) is 54.8 Å². The summed E-state index contributed by atoms with van der Waals surface area (Å²) >= 11 is 0. The highest BCUT2D eigenvalue weighted by Gasteiger charge is 2.73. The average Bonchev–Trinajstić information content (AvgIpc) is 3.71. The molecule has 12 aliphatic heterocycles. The van der Waals surface area contributed by atoms with Crippen molar-refractivity contribution >= 4 is 0 Å². The standard InChI is InChI=1S/C46H70O15/c1-22-10-13-31-25(4)34(47-37-44(31)28(22)16-19-41(7,53-37)56-59-44)50-40(51-35-26(5)32-14-11-23(2)29-17-20-42(8)54-38(48-35)45(29,32)60-57-42)52-36-27(6)33-15-12-24(3)30-18-21-43(9)55-39(49-36)46(30,33)61-58-43/h22-40H,10-21H2,1-9H3/t22-,23-,24-,25-,26-,27-,28+,29+,30+,31+,32+,33+,34?,35?,36?,37-,38-,39-,40?,41?,42?,43?,44-,45-,46-/m1/s1. The fourth-order valence-corrected chi connectivity index (χ4v) is 15.5. The molecule has 3 aliphatic carbocycles. The van der Waals surface area contributed by atoms with Gasteiger partial charge in [-0.05, 0) is 114 Å². The van der Waals surface area contributed by atoms with Gasteiger partial charge in [-0.2, -0.15) is 0 Å². The third-order valence-electron chi connectivity index (χ3n) is 19.0. The Labute approximate surface area is 360 Å². The van der Waals surface area contributed by atoms with Crippen LogP contribution < -0.4 is 0 Å². The van der Waals surface area contributed by atoms with Gasteiger partial charge in [-0.15, -0.1) is 0 Å². The van der Waals surface area contributed by atoms with Gasteiger partial charge in [0.05, 0.1) is 0 Å². The summed E-state index contributed by atoms with van der Waals surface area (Å²) in [5.41, 5.74) is -2.25. The van der Waals surface area contributed by atoms with Crippen LogP contribution in [-0.2, 0) is 72.0 Å². The summed E-state index contributed by atoms with van der Waals surface area (Å²) in [5.74, 6) is -1.10. The van der Waals surface area contributed by atoms with Gasteiger partial charge in [0.1, 0.15) is 0 Å². The summed E-state index contributed by atoms with van der Waals surface area (Å²) in [6, 6.07) is 0. The molecule has 15 fully saturated rings. The van der Waals surface area contributed by atoms with Crippen molar-refractivity contribution in [2.45, 2.75) is 218 Å². The first-order valence-corrected chi connectivity index (χ1v) is 24.2. The first-order valence-electron chi connectivity index (χ1n) is 24.2. The van der Waals surface area contributed by atoms with E-state index in [2.05, 4.69) is 41.5 Å². The van der Waals surface area contributed by atoms with E-state index in [-0.39, 0.29) is 53.3 Å². The quantitative estimate of drug-likeness (QED) is 0.189. The maximum absolute atomic E-state index is 7.08. The number of ether oxygens (including phenoxy) is 9. The number of hydrogen-bond acceptors (Lipinski definition) is 15. The lowest BCUT2D eigenvalue weighted by atomic mass is 9.58. The molecule has 15 heteroatoms. The molecule has 0 aromatic rings. The minimum absolute atomic E-state index is 0.0400. The Morgan fingerprint density at radius 1 is 0.377 bits per heavy atom. The maximum Gasteiger partial charge on any atom is 0.278 e. The molecule has 0 N–H and O–H groups in total. The maximum atomic E-state index is 7.08. The van der Waals surface area contributed by atoms with E-state index in [0.717, 1.165) is 77.0 Å². The van der Waals surface area contributed by atoms with Gasteiger partial charge in [-0.3, -0.25) is 14.2 Å². The van der Waals surface area contributed by atoms with Gasteiger partial charge in [0.25, 0.3) is 6.48 Å². The van der Waals surface area contributed by atoms with Crippen molar-refractivity contribution in [3.05, 3.63) is 0 Å². The highest BCUT2D eigenvalue weighted by molar-refractivity contribution is 5.12. The van der Waals surface area contributed by atoms with E-state index in [1.54, 1.807) is 0 Å². The van der Waals surface area contributed by atoms with Crippen molar-refractivity contribution in [1.82, 2.24) is 0 Å². The van der Waals surface area contributed by atoms with Crippen LogP contribution in [0.15, 0.2) is 0 Å². The van der Waals surface area contributed by atoms with E-state index in [1.807, 2.05) is 20.8 Å². The van der Waals surface area contributed by atoms with Crippen molar-refractivity contribution < 1.29 is 72.0 Å². The summed E-state index contributed by atoms with van der Waals surface area (Å²) in [7, 11) is 0. The molecule has 12 heterocycles. The van der Waals surface area contributed by atoms with Crippen LogP contribution in [0.25, 0.3) is 0 Å². The molecule has 15 aliphatic rings. The first-order chi connectivity index (χ1) is 29.1. The van der Waals surface area contributed by atoms with Crippen molar-refractivity contribution in [3.8, 4) is 0 Å². The zero-order valence-electron chi connectivity index (χ0n) is 37.6. The van der Waals surface area contributed by atoms with E-state index < -0.39 is 78.4 Å². The van der Waals surface area contributed by atoms with Crippen molar-refractivity contribution in [1.29, 1.82) is 0 Å². The van der Waals surface area contributed by atoms with Crippen molar-refractivity contribution in [2.75, 3.05) is 0 Å². The van der Waals surface area contributed by atoms with Crippen LogP contribution >= 0.6 is 0 Å². The summed E-state index contributed by atoms with van der Waals surface area (Å²) in [6.07, 6.45) is 6.52. The molecule has 15 nitrogen and oxygen atoms in total. The second kappa shape index (κ2) is 14.2. The van der Waals surface area contributed by atoms with Crippen molar-refractivity contribution in [3.63, 3.8) is 0 Å². The van der Waals surface area contributed by atoms with Crippen LogP contribution in [0.1, 0.15) is 139 Å². The number of fused-ring (bicyclic) bond motifs is 6. The van der Waals surface area contributed by atoms with Crippen LogP contribution in [0, 0.1) is 71.0 Å². The third-order valence-corrected chi connectivity index (χ3v) is 19.0. The highest BCUT2D eigenvalue weighted by atomic mass is 17.3. The Balaban J connectivity index is 0.876. The van der Waals surface area contributed by atoms with E-state index in [1.165, 1.54) is 0 Å². The van der Waals surface area contributed by atoms with Crippen molar-refractivity contribution in [2.24, 2.45) is 71.0 Å². The van der Waals surface area contributed by atoms with Gasteiger partial charge >= 0.3 is 0 Å². The lowest BCUT2D eigenvalue weighted by Gasteiger charge is -2.61. The molecule has 344 valence electrons. The monoisotopic (exact) mass is 862 g/mol. The molecule has 0 amide bonds. The molecule has 6 bridgehead atoms. The fourth-order valence-electron chi connectivity index (χ4n) is 15.5. The molecule has 24 atom stereocenters. The molecule has 6 unspecified atom stereocenters. The normalized spacial score (nSPS) is 62.1. The molecule has 0 aromatic heterocycles. The second-order valence-electron chi connectivity index (χ2n) is 22.5. The lowest BCUT2D eigenvalue weighted by molar-refractivity contribution is -0.593. The SMILES string of the molecule is C[C@@H]1CC[C@H]2[C@@H](C)C(OC(OC3O[C@@H]4OC5(C)CC[C@H]6[C@H](C)CC[C@@H]([C@H]3C)[C@@]46OO5)OC3O[C@@H]4OC5(C)CC[C@H]6[C@H](C)CC[C@@H]([C@H]3C)[C@@]46OO5)O[C@@H]3OC4(C)CC[C@@H]1[C@]32OO4. The third kappa shape index (κ3) is 5.88. The lowest BCUT2D eigenvalue weighted by Crippen LogP contribution is -2.72.